The Hall–Kier alpha value is -0.570. The SMILES string of the molecule is Clc1ccc(CNCC2CCCCO2)cc1. The first-order valence-corrected chi connectivity index (χ1v) is 6.29. The Balaban J connectivity index is 1.69. The first-order chi connectivity index (χ1) is 7.84. The Labute approximate surface area is 102 Å². The molecule has 1 aromatic rings. The van der Waals surface area contributed by atoms with E-state index < -0.39 is 0 Å². The van der Waals surface area contributed by atoms with Crippen LogP contribution in [0.5, 0.6) is 0 Å². The first kappa shape index (κ1) is 11.9. The fourth-order valence-electron chi connectivity index (χ4n) is 1.95. The zero-order chi connectivity index (χ0) is 11.2. The molecule has 1 fully saturated rings. The van der Waals surface area contributed by atoms with Gasteiger partial charge >= 0.3 is 0 Å². The van der Waals surface area contributed by atoms with Crippen LogP contribution in [0.25, 0.3) is 0 Å². The lowest BCUT2D eigenvalue weighted by molar-refractivity contribution is 0.0168. The molecule has 0 spiro atoms. The summed E-state index contributed by atoms with van der Waals surface area (Å²) in [4.78, 5) is 0. The number of hydrogen-bond donors (Lipinski definition) is 1. The summed E-state index contributed by atoms with van der Waals surface area (Å²) in [5, 5.41) is 4.21. The molecular weight excluding hydrogens is 222 g/mol. The van der Waals surface area contributed by atoms with Gasteiger partial charge in [-0.3, -0.25) is 0 Å². The molecule has 16 heavy (non-hydrogen) atoms. The van der Waals surface area contributed by atoms with Gasteiger partial charge in [-0.15, -0.1) is 0 Å². The monoisotopic (exact) mass is 239 g/mol. The molecule has 0 aromatic heterocycles. The van der Waals surface area contributed by atoms with Crippen molar-refractivity contribution in [3.63, 3.8) is 0 Å². The lowest BCUT2D eigenvalue weighted by Crippen LogP contribution is -2.31. The summed E-state index contributed by atoms with van der Waals surface area (Å²) in [6.07, 6.45) is 4.11. The molecule has 1 aliphatic rings. The van der Waals surface area contributed by atoms with Gasteiger partial charge in [0.2, 0.25) is 0 Å². The molecule has 3 heteroatoms. The van der Waals surface area contributed by atoms with E-state index in [-0.39, 0.29) is 0 Å². The molecule has 1 saturated heterocycles. The third-order valence-corrected chi connectivity index (χ3v) is 3.14. The van der Waals surface area contributed by atoms with Crippen molar-refractivity contribution in [3.8, 4) is 0 Å². The Kier molecular flexibility index (Phi) is 4.64. The molecule has 1 N–H and O–H groups in total. The second kappa shape index (κ2) is 6.24. The van der Waals surface area contributed by atoms with Gasteiger partial charge in [0.1, 0.15) is 0 Å². The van der Waals surface area contributed by atoms with Crippen LogP contribution in [0.15, 0.2) is 24.3 Å². The van der Waals surface area contributed by atoms with Crippen LogP contribution >= 0.6 is 11.6 Å². The van der Waals surface area contributed by atoms with Crippen molar-refractivity contribution in [1.82, 2.24) is 5.32 Å². The van der Waals surface area contributed by atoms with Crippen molar-refractivity contribution in [3.05, 3.63) is 34.9 Å². The number of nitrogens with one attached hydrogen (secondary N) is 1. The number of ether oxygens (including phenoxy) is 1. The summed E-state index contributed by atoms with van der Waals surface area (Å²) < 4.78 is 5.65. The molecule has 88 valence electrons. The highest BCUT2D eigenvalue weighted by molar-refractivity contribution is 6.30. The van der Waals surface area contributed by atoms with Gasteiger partial charge in [-0.1, -0.05) is 23.7 Å². The summed E-state index contributed by atoms with van der Waals surface area (Å²) in [6.45, 7) is 2.76. The average Bonchev–Trinajstić information content (AvgIpc) is 2.33. The van der Waals surface area contributed by atoms with Crippen LogP contribution < -0.4 is 5.32 Å². The van der Waals surface area contributed by atoms with E-state index in [2.05, 4.69) is 17.4 Å². The quantitative estimate of drug-likeness (QED) is 0.872. The summed E-state index contributed by atoms with van der Waals surface area (Å²) >= 11 is 5.83. The maximum Gasteiger partial charge on any atom is 0.0699 e. The maximum atomic E-state index is 5.83. The highest BCUT2D eigenvalue weighted by Gasteiger charge is 2.12. The zero-order valence-corrected chi connectivity index (χ0v) is 10.2. The van der Waals surface area contributed by atoms with Crippen molar-refractivity contribution in [2.45, 2.75) is 31.9 Å². The highest BCUT2D eigenvalue weighted by Crippen LogP contribution is 2.12. The lowest BCUT2D eigenvalue weighted by atomic mass is 10.1. The van der Waals surface area contributed by atoms with Gasteiger partial charge in [0, 0.05) is 24.7 Å². The van der Waals surface area contributed by atoms with Gasteiger partial charge in [0.25, 0.3) is 0 Å². The van der Waals surface area contributed by atoms with Gasteiger partial charge in [0.05, 0.1) is 6.10 Å². The van der Waals surface area contributed by atoms with Crippen LogP contribution in [0.1, 0.15) is 24.8 Å². The van der Waals surface area contributed by atoms with Crippen molar-refractivity contribution >= 4 is 11.6 Å². The van der Waals surface area contributed by atoms with Crippen LogP contribution in [0.2, 0.25) is 5.02 Å². The molecule has 1 atom stereocenters. The normalized spacial score (nSPS) is 20.9. The highest BCUT2D eigenvalue weighted by atomic mass is 35.5. The molecule has 1 heterocycles. The van der Waals surface area contributed by atoms with Crippen molar-refractivity contribution in [2.75, 3.05) is 13.2 Å². The van der Waals surface area contributed by atoms with Crippen LogP contribution in [-0.4, -0.2) is 19.3 Å². The summed E-state index contributed by atoms with van der Waals surface area (Å²) in [5.41, 5.74) is 1.26. The van der Waals surface area contributed by atoms with Gasteiger partial charge < -0.3 is 10.1 Å². The van der Waals surface area contributed by atoms with Gasteiger partial charge in [-0.05, 0) is 37.0 Å². The minimum absolute atomic E-state index is 0.404. The molecule has 1 aromatic carbocycles. The second-order valence-electron chi connectivity index (χ2n) is 4.25. The fourth-order valence-corrected chi connectivity index (χ4v) is 2.07. The predicted octanol–water partition coefficient (Wildman–Crippen LogP) is 3.00. The largest absolute Gasteiger partial charge is 0.377 e. The standard InChI is InChI=1S/C13H18ClNO/c14-12-6-4-11(5-7-12)9-15-10-13-3-1-2-8-16-13/h4-7,13,15H,1-3,8-10H2. The average molecular weight is 240 g/mol. The molecule has 0 aliphatic carbocycles. The number of benzene rings is 1. The Morgan fingerprint density at radius 2 is 2.06 bits per heavy atom. The van der Waals surface area contributed by atoms with E-state index in [0.717, 1.165) is 24.7 Å². The van der Waals surface area contributed by atoms with Crippen LogP contribution in [-0.2, 0) is 11.3 Å². The topological polar surface area (TPSA) is 21.3 Å². The third-order valence-electron chi connectivity index (χ3n) is 2.89. The van der Waals surface area contributed by atoms with Gasteiger partial charge in [-0.25, -0.2) is 0 Å². The fraction of sp³-hybridized carbons (Fsp3) is 0.538. The zero-order valence-electron chi connectivity index (χ0n) is 9.42. The van der Waals surface area contributed by atoms with Crippen molar-refractivity contribution in [1.29, 1.82) is 0 Å². The first-order valence-electron chi connectivity index (χ1n) is 5.91. The van der Waals surface area contributed by atoms with E-state index in [1.807, 2.05) is 12.1 Å². The third kappa shape index (κ3) is 3.78. The molecule has 0 saturated carbocycles. The van der Waals surface area contributed by atoms with E-state index in [0.29, 0.717) is 6.10 Å². The van der Waals surface area contributed by atoms with Crippen LogP contribution in [0.3, 0.4) is 0 Å². The molecule has 2 rings (SSSR count). The molecule has 1 unspecified atom stereocenters. The van der Waals surface area contributed by atoms with Gasteiger partial charge in [-0.2, -0.15) is 0 Å². The molecule has 1 aliphatic heterocycles. The van der Waals surface area contributed by atoms with E-state index >= 15 is 0 Å². The second-order valence-corrected chi connectivity index (χ2v) is 4.68. The van der Waals surface area contributed by atoms with E-state index in [4.69, 9.17) is 16.3 Å². The molecule has 0 radical (unpaired) electrons. The minimum atomic E-state index is 0.404. The van der Waals surface area contributed by atoms with Gasteiger partial charge in [0.15, 0.2) is 0 Å². The Morgan fingerprint density at radius 3 is 2.75 bits per heavy atom. The Bertz CT molecular complexity index is 306. The molecule has 2 nitrogen and oxygen atoms in total. The molecule has 0 amide bonds. The van der Waals surface area contributed by atoms with Crippen molar-refractivity contribution < 1.29 is 4.74 Å². The number of hydrogen-bond acceptors (Lipinski definition) is 2. The summed E-state index contributed by atoms with van der Waals surface area (Å²) in [5.74, 6) is 0. The number of halogens is 1. The van der Waals surface area contributed by atoms with E-state index in [9.17, 15) is 0 Å². The minimum Gasteiger partial charge on any atom is -0.377 e. The van der Waals surface area contributed by atoms with Crippen LogP contribution in [0, 0.1) is 0 Å². The van der Waals surface area contributed by atoms with Crippen LogP contribution in [0.4, 0.5) is 0 Å². The lowest BCUT2D eigenvalue weighted by Gasteiger charge is -2.22. The van der Waals surface area contributed by atoms with E-state index in [1.165, 1.54) is 24.8 Å². The number of rotatable bonds is 4. The predicted molar refractivity (Wildman–Crippen MR) is 66.7 cm³/mol. The smallest absolute Gasteiger partial charge is 0.0699 e. The molecular formula is C13H18ClNO. The maximum absolute atomic E-state index is 5.83. The van der Waals surface area contributed by atoms with E-state index in [1.54, 1.807) is 0 Å². The Morgan fingerprint density at radius 1 is 1.25 bits per heavy atom. The summed E-state index contributed by atoms with van der Waals surface area (Å²) in [7, 11) is 0. The van der Waals surface area contributed by atoms with Crippen molar-refractivity contribution in [2.24, 2.45) is 0 Å². The molecule has 0 bridgehead atoms. The summed E-state index contributed by atoms with van der Waals surface area (Å²) in [6, 6.07) is 7.96.